The minimum absolute atomic E-state index is 0.589. The van der Waals surface area contributed by atoms with Gasteiger partial charge >= 0.3 is 0 Å². The Labute approximate surface area is 88.1 Å². The molecule has 0 aliphatic rings. The van der Waals surface area contributed by atoms with Crippen molar-refractivity contribution in [3.8, 4) is 0 Å². The molecule has 0 aliphatic heterocycles. The van der Waals surface area contributed by atoms with Crippen molar-refractivity contribution in [3.05, 3.63) is 29.8 Å². The molecule has 0 bridgehead atoms. The average Bonchev–Trinajstić information content (AvgIpc) is 2.08. The van der Waals surface area contributed by atoms with Gasteiger partial charge in [0.2, 0.25) is 0 Å². The molecule has 0 spiro atoms. The van der Waals surface area contributed by atoms with E-state index in [2.05, 4.69) is 20.7 Å². The minimum atomic E-state index is -2.24. The third-order valence-corrected chi connectivity index (χ3v) is 2.34. The highest BCUT2D eigenvalue weighted by atomic mass is 79.9. The van der Waals surface area contributed by atoms with Crippen LogP contribution in [-0.2, 0) is 17.7 Å². The van der Waals surface area contributed by atoms with Gasteiger partial charge in [0.05, 0.1) is 0 Å². The van der Waals surface area contributed by atoms with Crippen LogP contribution in [0.25, 0.3) is 0 Å². The number of hydrogen-bond acceptors (Lipinski definition) is 2. The van der Waals surface area contributed by atoms with Crippen LogP contribution in [0.2, 0.25) is 0 Å². The van der Waals surface area contributed by atoms with Gasteiger partial charge in [-0.15, -0.1) is 0 Å². The summed E-state index contributed by atoms with van der Waals surface area (Å²) in [5.41, 5.74) is 1.77. The van der Waals surface area contributed by atoms with E-state index in [4.69, 9.17) is 0 Å². The minimum Gasteiger partial charge on any atom is -0.755 e. The molecule has 1 rings (SSSR count). The van der Waals surface area contributed by atoms with Crippen molar-refractivity contribution in [2.45, 2.75) is 6.42 Å². The summed E-state index contributed by atoms with van der Waals surface area (Å²) in [5.74, 6) is 0. The molecule has 1 N–H and O–H groups in total. The maximum atomic E-state index is 10.3. The van der Waals surface area contributed by atoms with Crippen LogP contribution in [0.3, 0.4) is 0 Å². The van der Waals surface area contributed by atoms with Gasteiger partial charge in [-0.05, 0) is 24.1 Å². The molecule has 0 amide bonds. The molecule has 72 valence electrons. The van der Waals surface area contributed by atoms with Gasteiger partial charge in [0.25, 0.3) is 0 Å². The molecule has 13 heavy (non-hydrogen) atoms. The Morgan fingerprint density at radius 1 is 1.38 bits per heavy atom. The summed E-state index contributed by atoms with van der Waals surface area (Å²) in [5, 5.41) is 0.910. The zero-order chi connectivity index (χ0) is 9.68. The fraction of sp³-hybridized carbons (Fsp3) is 0.250. The van der Waals surface area contributed by atoms with Crippen molar-refractivity contribution in [1.29, 1.82) is 0 Å². The zero-order valence-corrected chi connectivity index (χ0v) is 9.23. The molecular weight excluding hydrogens is 254 g/mol. The Balaban J connectivity index is 2.64. The molecule has 0 fully saturated rings. The lowest BCUT2D eigenvalue weighted by molar-refractivity contribution is 0.542. The SMILES string of the molecule is O=S([O-])Nc1ccc(CCBr)cc1. The van der Waals surface area contributed by atoms with Gasteiger partial charge in [0.1, 0.15) is 0 Å². The standard InChI is InChI=1S/C8H10BrNO2S/c9-6-5-7-1-3-8(4-2-7)10-13(11)12/h1-4,10H,5-6H2,(H,11,12)/p-1. The van der Waals surface area contributed by atoms with Crippen LogP contribution >= 0.6 is 15.9 Å². The smallest absolute Gasteiger partial charge is 0.0452 e. The van der Waals surface area contributed by atoms with Crippen molar-refractivity contribution in [2.24, 2.45) is 0 Å². The maximum Gasteiger partial charge on any atom is 0.0452 e. The summed E-state index contributed by atoms with van der Waals surface area (Å²) in [6.07, 6.45) is 0.945. The lowest BCUT2D eigenvalue weighted by atomic mass is 10.2. The van der Waals surface area contributed by atoms with E-state index in [-0.39, 0.29) is 0 Å². The number of halogens is 1. The van der Waals surface area contributed by atoms with E-state index >= 15 is 0 Å². The summed E-state index contributed by atoms with van der Waals surface area (Å²) < 4.78 is 22.8. The van der Waals surface area contributed by atoms with Crippen molar-refractivity contribution in [2.75, 3.05) is 10.1 Å². The number of anilines is 1. The molecule has 1 aromatic carbocycles. The molecule has 0 aliphatic carbocycles. The van der Waals surface area contributed by atoms with Crippen LogP contribution in [0.4, 0.5) is 5.69 Å². The first-order valence-corrected chi connectivity index (χ1v) is 5.93. The van der Waals surface area contributed by atoms with Gasteiger partial charge in [-0.25, -0.2) is 0 Å². The van der Waals surface area contributed by atoms with Crippen LogP contribution < -0.4 is 4.72 Å². The Morgan fingerprint density at radius 3 is 2.46 bits per heavy atom. The van der Waals surface area contributed by atoms with Crippen LogP contribution in [0.5, 0.6) is 0 Å². The third-order valence-electron chi connectivity index (χ3n) is 1.54. The number of nitrogens with one attached hydrogen (secondary N) is 1. The largest absolute Gasteiger partial charge is 0.755 e. The highest BCUT2D eigenvalue weighted by Gasteiger charge is 1.92. The first kappa shape index (κ1) is 10.7. The van der Waals surface area contributed by atoms with Crippen molar-refractivity contribution in [1.82, 2.24) is 0 Å². The number of rotatable bonds is 4. The molecule has 0 aromatic heterocycles. The monoisotopic (exact) mass is 262 g/mol. The lowest BCUT2D eigenvalue weighted by Gasteiger charge is -2.08. The highest BCUT2D eigenvalue weighted by Crippen LogP contribution is 2.10. The third kappa shape index (κ3) is 3.89. The second-order valence-electron chi connectivity index (χ2n) is 2.47. The normalized spacial score (nSPS) is 12.5. The molecule has 1 unspecified atom stereocenters. The predicted molar refractivity (Wildman–Crippen MR) is 56.5 cm³/mol. The Hall–Kier alpha value is -0.390. The molecule has 1 atom stereocenters. The summed E-state index contributed by atoms with van der Waals surface area (Å²) in [6, 6.07) is 7.29. The summed E-state index contributed by atoms with van der Waals surface area (Å²) in [6.45, 7) is 0. The Morgan fingerprint density at radius 2 is 2.00 bits per heavy atom. The van der Waals surface area contributed by atoms with E-state index in [1.54, 1.807) is 12.1 Å². The molecule has 0 radical (unpaired) electrons. The number of hydrogen-bond donors (Lipinski definition) is 1. The molecule has 0 saturated carbocycles. The van der Waals surface area contributed by atoms with E-state index in [0.29, 0.717) is 5.69 Å². The molecule has 5 heteroatoms. The first-order chi connectivity index (χ1) is 6.22. The predicted octanol–water partition coefficient (Wildman–Crippen LogP) is 1.83. The van der Waals surface area contributed by atoms with Gasteiger partial charge < -0.3 is 9.27 Å². The Bertz CT molecular complexity index is 289. The van der Waals surface area contributed by atoms with E-state index in [1.807, 2.05) is 12.1 Å². The van der Waals surface area contributed by atoms with Gasteiger partial charge in [-0.1, -0.05) is 28.1 Å². The topological polar surface area (TPSA) is 52.2 Å². The van der Waals surface area contributed by atoms with Gasteiger partial charge in [-0.3, -0.25) is 4.21 Å². The number of alkyl halides is 1. The molecule has 0 saturated heterocycles. The van der Waals surface area contributed by atoms with Crippen LogP contribution in [0.1, 0.15) is 5.56 Å². The number of benzene rings is 1. The zero-order valence-electron chi connectivity index (χ0n) is 6.83. The second kappa shape index (κ2) is 5.36. The van der Waals surface area contributed by atoms with E-state index in [1.165, 1.54) is 5.56 Å². The van der Waals surface area contributed by atoms with Crippen LogP contribution in [-0.4, -0.2) is 14.1 Å². The van der Waals surface area contributed by atoms with Crippen molar-refractivity contribution >= 4 is 32.9 Å². The van der Waals surface area contributed by atoms with Crippen LogP contribution in [0, 0.1) is 0 Å². The summed E-state index contributed by atoms with van der Waals surface area (Å²) in [7, 11) is 0. The molecule has 0 heterocycles. The lowest BCUT2D eigenvalue weighted by Crippen LogP contribution is -2.01. The fourth-order valence-electron chi connectivity index (χ4n) is 0.945. The molecular formula is C8H9BrNO2S-. The Kier molecular flexibility index (Phi) is 4.41. The van der Waals surface area contributed by atoms with Gasteiger partial charge in [0, 0.05) is 22.3 Å². The van der Waals surface area contributed by atoms with Crippen LogP contribution in [0.15, 0.2) is 24.3 Å². The van der Waals surface area contributed by atoms with E-state index in [0.717, 1.165) is 11.8 Å². The van der Waals surface area contributed by atoms with E-state index in [9.17, 15) is 8.76 Å². The summed E-state index contributed by atoms with van der Waals surface area (Å²) >= 11 is 1.09. The molecule has 3 nitrogen and oxygen atoms in total. The fourth-order valence-corrected chi connectivity index (χ4v) is 1.73. The quantitative estimate of drug-likeness (QED) is 0.665. The first-order valence-electron chi connectivity index (χ1n) is 3.73. The van der Waals surface area contributed by atoms with Crippen molar-refractivity contribution < 1.29 is 8.76 Å². The maximum absolute atomic E-state index is 10.3. The molecule has 1 aromatic rings. The summed E-state index contributed by atoms with van der Waals surface area (Å²) in [4.78, 5) is 0. The number of aryl methyl sites for hydroxylation is 1. The second-order valence-corrected chi connectivity index (χ2v) is 3.94. The average molecular weight is 263 g/mol. The highest BCUT2D eigenvalue weighted by molar-refractivity contribution is 9.09. The van der Waals surface area contributed by atoms with E-state index < -0.39 is 11.3 Å². The van der Waals surface area contributed by atoms with Crippen molar-refractivity contribution in [3.63, 3.8) is 0 Å². The van der Waals surface area contributed by atoms with Gasteiger partial charge in [0.15, 0.2) is 0 Å². The van der Waals surface area contributed by atoms with Gasteiger partial charge in [-0.2, -0.15) is 0 Å².